The SMILES string of the molecule is Cc1cc(Cc2ccccc2C)cc([C@@H]2CCCN2C(=O)c2ccc(=O)n(C)c2)n1. The zero-order valence-corrected chi connectivity index (χ0v) is 17.8. The maximum absolute atomic E-state index is 13.2. The molecule has 1 aromatic carbocycles. The van der Waals surface area contributed by atoms with Gasteiger partial charge in [0.15, 0.2) is 0 Å². The highest BCUT2D eigenvalue weighted by atomic mass is 16.2. The van der Waals surface area contributed by atoms with Crippen molar-refractivity contribution in [3.8, 4) is 0 Å². The number of aromatic nitrogens is 2. The van der Waals surface area contributed by atoms with Crippen LogP contribution in [-0.2, 0) is 13.5 Å². The number of carbonyl (C=O) groups is 1. The minimum atomic E-state index is -0.120. The number of hydrogen-bond donors (Lipinski definition) is 0. The molecule has 1 aliphatic heterocycles. The van der Waals surface area contributed by atoms with Crippen LogP contribution in [0.3, 0.4) is 0 Å². The molecule has 154 valence electrons. The molecular weight excluding hydrogens is 374 g/mol. The number of amides is 1. The first-order chi connectivity index (χ1) is 14.4. The summed E-state index contributed by atoms with van der Waals surface area (Å²) in [5.41, 5.74) is 6.14. The summed E-state index contributed by atoms with van der Waals surface area (Å²) in [5.74, 6) is -0.0446. The van der Waals surface area contributed by atoms with E-state index in [2.05, 4.69) is 43.3 Å². The minimum absolute atomic E-state index is 0.0368. The molecule has 2 aromatic heterocycles. The summed E-state index contributed by atoms with van der Waals surface area (Å²) >= 11 is 0. The molecule has 3 aromatic rings. The molecule has 1 fully saturated rings. The molecule has 0 N–H and O–H groups in total. The van der Waals surface area contributed by atoms with Gasteiger partial charge in [-0.25, -0.2) is 0 Å². The third-order valence-corrected chi connectivity index (χ3v) is 5.88. The molecular formula is C25H27N3O2. The van der Waals surface area contributed by atoms with Crippen LogP contribution >= 0.6 is 0 Å². The molecule has 4 rings (SSSR count). The van der Waals surface area contributed by atoms with Crippen LogP contribution in [0.25, 0.3) is 0 Å². The Morgan fingerprint density at radius 1 is 1.13 bits per heavy atom. The second-order valence-corrected chi connectivity index (χ2v) is 8.17. The van der Waals surface area contributed by atoms with Gasteiger partial charge >= 0.3 is 0 Å². The Bertz CT molecular complexity index is 1150. The number of nitrogens with zero attached hydrogens (tertiary/aromatic N) is 3. The molecule has 0 bridgehead atoms. The van der Waals surface area contributed by atoms with E-state index in [1.807, 2.05) is 11.8 Å². The third-order valence-electron chi connectivity index (χ3n) is 5.88. The maximum atomic E-state index is 13.2. The van der Waals surface area contributed by atoms with Crippen molar-refractivity contribution in [2.24, 2.45) is 7.05 Å². The Morgan fingerprint density at radius 3 is 2.70 bits per heavy atom. The number of likely N-dealkylation sites (tertiary alicyclic amines) is 1. The van der Waals surface area contributed by atoms with Gasteiger partial charge in [0.2, 0.25) is 5.56 Å². The zero-order chi connectivity index (χ0) is 21.3. The van der Waals surface area contributed by atoms with Gasteiger partial charge in [0.05, 0.1) is 17.3 Å². The van der Waals surface area contributed by atoms with E-state index in [1.54, 1.807) is 19.3 Å². The second-order valence-electron chi connectivity index (χ2n) is 8.17. The molecule has 1 atom stereocenters. The van der Waals surface area contributed by atoms with Crippen LogP contribution in [-0.4, -0.2) is 26.9 Å². The minimum Gasteiger partial charge on any atom is -0.330 e. The highest BCUT2D eigenvalue weighted by Crippen LogP contribution is 2.33. The first kappa shape index (κ1) is 20.1. The summed E-state index contributed by atoms with van der Waals surface area (Å²) in [6.45, 7) is 4.85. The monoisotopic (exact) mass is 401 g/mol. The summed E-state index contributed by atoms with van der Waals surface area (Å²) in [5, 5.41) is 0. The maximum Gasteiger partial charge on any atom is 0.255 e. The van der Waals surface area contributed by atoms with E-state index in [-0.39, 0.29) is 17.5 Å². The fourth-order valence-electron chi connectivity index (χ4n) is 4.27. The van der Waals surface area contributed by atoms with Crippen molar-refractivity contribution < 1.29 is 4.79 Å². The molecule has 5 nitrogen and oxygen atoms in total. The van der Waals surface area contributed by atoms with Gasteiger partial charge in [0.1, 0.15) is 0 Å². The predicted molar refractivity (Wildman–Crippen MR) is 118 cm³/mol. The molecule has 0 saturated carbocycles. The summed E-state index contributed by atoms with van der Waals surface area (Å²) in [6.07, 6.45) is 4.32. The molecule has 1 amide bonds. The Balaban J connectivity index is 1.63. The fraction of sp³-hybridized carbons (Fsp3) is 0.320. The van der Waals surface area contributed by atoms with E-state index in [0.717, 1.165) is 30.7 Å². The van der Waals surface area contributed by atoms with Gasteiger partial charge in [0, 0.05) is 31.5 Å². The van der Waals surface area contributed by atoms with Crippen molar-refractivity contribution in [3.63, 3.8) is 0 Å². The first-order valence-electron chi connectivity index (χ1n) is 10.4. The van der Waals surface area contributed by atoms with Crippen molar-refractivity contribution in [3.05, 3.63) is 98.7 Å². The summed E-state index contributed by atoms with van der Waals surface area (Å²) in [4.78, 5) is 31.6. The summed E-state index contributed by atoms with van der Waals surface area (Å²) in [6, 6.07) is 15.7. The second kappa shape index (κ2) is 8.27. The molecule has 3 heterocycles. The number of carbonyl (C=O) groups excluding carboxylic acids is 1. The number of rotatable bonds is 4. The van der Waals surface area contributed by atoms with E-state index >= 15 is 0 Å². The average Bonchev–Trinajstić information content (AvgIpc) is 3.21. The van der Waals surface area contributed by atoms with Crippen LogP contribution in [0.2, 0.25) is 0 Å². The van der Waals surface area contributed by atoms with Crippen molar-refractivity contribution in [2.75, 3.05) is 6.54 Å². The average molecular weight is 402 g/mol. The van der Waals surface area contributed by atoms with Crippen molar-refractivity contribution in [1.82, 2.24) is 14.5 Å². The van der Waals surface area contributed by atoms with Crippen molar-refractivity contribution >= 4 is 5.91 Å². The molecule has 0 radical (unpaired) electrons. The van der Waals surface area contributed by atoms with Crippen LogP contribution < -0.4 is 5.56 Å². The lowest BCUT2D eigenvalue weighted by molar-refractivity contribution is 0.0732. The van der Waals surface area contributed by atoms with Gasteiger partial charge in [-0.2, -0.15) is 0 Å². The number of pyridine rings is 2. The molecule has 30 heavy (non-hydrogen) atoms. The lowest BCUT2D eigenvalue weighted by Gasteiger charge is -2.25. The van der Waals surface area contributed by atoms with Crippen molar-refractivity contribution in [2.45, 2.75) is 39.2 Å². The molecule has 5 heteroatoms. The predicted octanol–water partition coefficient (Wildman–Crippen LogP) is 3.97. The van der Waals surface area contributed by atoms with Gasteiger partial charge in [-0.1, -0.05) is 24.3 Å². The first-order valence-corrected chi connectivity index (χ1v) is 10.4. The lowest BCUT2D eigenvalue weighted by atomic mass is 9.98. The largest absolute Gasteiger partial charge is 0.330 e. The van der Waals surface area contributed by atoms with Crippen LogP contribution in [0.15, 0.2) is 59.5 Å². The smallest absolute Gasteiger partial charge is 0.255 e. The number of benzene rings is 1. The van der Waals surface area contributed by atoms with Gasteiger partial charge in [-0.15, -0.1) is 0 Å². The Kier molecular flexibility index (Phi) is 5.53. The quantitative estimate of drug-likeness (QED) is 0.665. The van der Waals surface area contributed by atoms with E-state index in [0.29, 0.717) is 12.1 Å². The molecule has 1 saturated heterocycles. The highest BCUT2D eigenvalue weighted by molar-refractivity contribution is 5.94. The van der Waals surface area contributed by atoms with Crippen LogP contribution in [0, 0.1) is 13.8 Å². The zero-order valence-electron chi connectivity index (χ0n) is 17.8. The number of hydrogen-bond acceptors (Lipinski definition) is 3. The highest BCUT2D eigenvalue weighted by Gasteiger charge is 2.32. The number of aryl methyl sites for hydroxylation is 3. The van der Waals surface area contributed by atoms with Gasteiger partial charge in [0.25, 0.3) is 5.91 Å². The summed E-state index contributed by atoms with van der Waals surface area (Å²) in [7, 11) is 1.67. The van der Waals surface area contributed by atoms with E-state index in [4.69, 9.17) is 4.98 Å². The van der Waals surface area contributed by atoms with E-state index in [9.17, 15) is 9.59 Å². The van der Waals surface area contributed by atoms with Gasteiger partial charge < -0.3 is 9.47 Å². The molecule has 0 spiro atoms. The molecule has 0 unspecified atom stereocenters. The van der Waals surface area contributed by atoms with Gasteiger partial charge in [-0.05, 0) is 68.0 Å². The van der Waals surface area contributed by atoms with E-state index in [1.165, 1.54) is 27.3 Å². The standard InChI is InChI=1S/C25H27N3O2/c1-17-7-4-5-8-20(17)14-19-13-18(2)26-22(15-19)23-9-6-12-28(23)25(30)21-10-11-24(29)27(3)16-21/h4-5,7-8,10-11,13,15-16,23H,6,9,12,14H2,1-3H3/t23-/m0/s1. The van der Waals surface area contributed by atoms with Crippen LogP contribution in [0.1, 0.15) is 57.3 Å². The third kappa shape index (κ3) is 4.06. The Labute approximate surface area is 177 Å². The van der Waals surface area contributed by atoms with Crippen LogP contribution in [0.4, 0.5) is 0 Å². The Morgan fingerprint density at radius 2 is 1.93 bits per heavy atom. The van der Waals surface area contributed by atoms with Gasteiger partial charge in [-0.3, -0.25) is 14.6 Å². The summed E-state index contributed by atoms with van der Waals surface area (Å²) < 4.78 is 1.45. The van der Waals surface area contributed by atoms with Crippen molar-refractivity contribution in [1.29, 1.82) is 0 Å². The fourth-order valence-corrected chi connectivity index (χ4v) is 4.27. The lowest BCUT2D eigenvalue weighted by Crippen LogP contribution is -2.32. The topological polar surface area (TPSA) is 55.2 Å². The molecule has 1 aliphatic rings. The van der Waals surface area contributed by atoms with Crippen LogP contribution in [0.5, 0.6) is 0 Å². The van der Waals surface area contributed by atoms with E-state index < -0.39 is 0 Å². The normalized spacial score (nSPS) is 16.1. The molecule has 0 aliphatic carbocycles. The Hall–Kier alpha value is -3.21.